The van der Waals surface area contributed by atoms with Crippen molar-refractivity contribution >= 4 is 51.6 Å². The van der Waals surface area contributed by atoms with Crippen LogP contribution in [-0.2, 0) is 4.79 Å². The number of nitrogens with zero attached hydrogens (tertiary/aromatic N) is 4. The quantitative estimate of drug-likeness (QED) is 0.240. The van der Waals surface area contributed by atoms with Crippen molar-refractivity contribution in [2.24, 2.45) is 0 Å². The summed E-state index contributed by atoms with van der Waals surface area (Å²) in [5.41, 5.74) is 3.48. The molecule has 9 heteroatoms. The summed E-state index contributed by atoms with van der Waals surface area (Å²) in [5, 5.41) is 12.8. The van der Waals surface area contributed by atoms with Crippen LogP contribution in [-0.4, -0.2) is 25.1 Å². The second-order valence-electron chi connectivity index (χ2n) is 8.97. The molecule has 1 N–H and O–H groups in total. The first-order valence-corrected chi connectivity index (χ1v) is 13.5. The first-order valence-electron chi connectivity index (χ1n) is 12.2. The molecule has 0 saturated carbocycles. The molecule has 192 valence electrons. The standard InChI is InChI=1S/C30H22ClN5O2S/c1-19-16-17-21(18-24(19)31)32-27(37)26(20-10-4-2-5-11-20)39-30-34-33-29-35(22-12-6-3-7-13-22)28(38)23-14-8-9-15-25(23)36(29)30/h2-18,26H,1H3,(H,32,37)/t26-/m1/s1. The van der Waals surface area contributed by atoms with Crippen molar-refractivity contribution in [2.75, 3.05) is 5.32 Å². The number of nitrogens with one attached hydrogen (secondary N) is 1. The van der Waals surface area contributed by atoms with E-state index in [0.29, 0.717) is 38.2 Å². The van der Waals surface area contributed by atoms with Gasteiger partial charge in [0.2, 0.25) is 11.7 Å². The highest BCUT2D eigenvalue weighted by atomic mass is 35.5. The van der Waals surface area contributed by atoms with Crippen LogP contribution in [0, 0.1) is 6.92 Å². The van der Waals surface area contributed by atoms with Crippen molar-refractivity contribution in [2.45, 2.75) is 17.3 Å². The van der Waals surface area contributed by atoms with E-state index in [4.69, 9.17) is 11.6 Å². The van der Waals surface area contributed by atoms with Gasteiger partial charge in [0.15, 0.2) is 5.16 Å². The second-order valence-corrected chi connectivity index (χ2v) is 10.5. The fourth-order valence-corrected chi connectivity index (χ4v) is 5.67. The zero-order valence-electron chi connectivity index (χ0n) is 20.8. The predicted molar refractivity (Wildman–Crippen MR) is 156 cm³/mol. The molecule has 7 nitrogen and oxygen atoms in total. The summed E-state index contributed by atoms with van der Waals surface area (Å²) in [6.45, 7) is 1.91. The fourth-order valence-electron chi connectivity index (χ4n) is 4.45. The Morgan fingerprint density at radius 3 is 2.33 bits per heavy atom. The molecule has 0 fully saturated rings. The number of amides is 1. The van der Waals surface area contributed by atoms with Crippen LogP contribution in [0.2, 0.25) is 5.02 Å². The summed E-state index contributed by atoms with van der Waals surface area (Å²) in [5.74, 6) is 0.133. The monoisotopic (exact) mass is 551 g/mol. The molecule has 2 aromatic heterocycles. The van der Waals surface area contributed by atoms with Gasteiger partial charge in [0.1, 0.15) is 5.25 Å². The fraction of sp³-hybridized carbons (Fsp3) is 0.0667. The number of aromatic nitrogens is 4. The number of aryl methyl sites for hydroxylation is 1. The number of fused-ring (bicyclic) bond motifs is 3. The Hall–Kier alpha value is -4.40. The van der Waals surface area contributed by atoms with Gasteiger partial charge in [-0.15, -0.1) is 10.2 Å². The number of halogens is 1. The molecule has 1 amide bonds. The third kappa shape index (κ3) is 4.69. The van der Waals surface area contributed by atoms with Gasteiger partial charge in [0.25, 0.3) is 5.56 Å². The molecular weight excluding hydrogens is 530 g/mol. The summed E-state index contributed by atoms with van der Waals surface area (Å²) >= 11 is 7.57. The van der Waals surface area contributed by atoms with Gasteiger partial charge in [0, 0.05) is 10.7 Å². The van der Waals surface area contributed by atoms with Gasteiger partial charge in [-0.05, 0) is 54.4 Å². The SMILES string of the molecule is Cc1ccc(NC(=O)[C@H](Sc2nnc3n(-c4ccccc4)c(=O)c4ccccc4n23)c2ccccc2)cc1Cl. The lowest BCUT2D eigenvalue weighted by Crippen LogP contribution is -2.22. The molecule has 2 heterocycles. The normalized spacial score (nSPS) is 12.1. The number of para-hydroxylation sites is 2. The topological polar surface area (TPSA) is 81.3 Å². The van der Waals surface area contributed by atoms with Gasteiger partial charge in [-0.3, -0.25) is 14.0 Å². The van der Waals surface area contributed by atoms with Crippen molar-refractivity contribution in [3.63, 3.8) is 0 Å². The molecule has 6 rings (SSSR count). The number of carbonyl (C=O) groups is 1. The van der Waals surface area contributed by atoms with E-state index < -0.39 is 5.25 Å². The van der Waals surface area contributed by atoms with Crippen LogP contribution in [0.5, 0.6) is 0 Å². The highest BCUT2D eigenvalue weighted by Crippen LogP contribution is 2.36. The smallest absolute Gasteiger partial charge is 0.267 e. The number of thioether (sulfide) groups is 1. The maximum atomic E-state index is 13.7. The van der Waals surface area contributed by atoms with Crippen LogP contribution >= 0.6 is 23.4 Å². The first kappa shape index (κ1) is 24.9. The molecule has 0 unspecified atom stereocenters. The molecule has 0 aliphatic carbocycles. The van der Waals surface area contributed by atoms with Gasteiger partial charge in [-0.25, -0.2) is 4.57 Å². The number of anilines is 1. The van der Waals surface area contributed by atoms with E-state index in [0.717, 1.165) is 11.1 Å². The van der Waals surface area contributed by atoms with Crippen molar-refractivity contribution in [3.8, 4) is 5.69 Å². The van der Waals surface area contributed by atoms with E-state index in [-0.39, 0.29) is 11.5 Å². The number of benzene rings is 4. The van der Waals surface area contributed by atoms with E-state index in [9.17, 15) is 9.59 Å². The molecule has 0 spiro atoms. The van der Waals surface area contributed by atoms with Crippen LogP contribution < -0.4 is 10.9 Å². The largest absolute Gasteiger partial charge is 0.325 e. The minimum Gasteiger partial charge on any atom is -0.325 e. The number of carbonyl (C=O) groups excluding carboxylic acids is 1. The van der Waals surface area contributed by atoms with Gasteiger partial charge in [0.05, 0.1) is 16.6 Å². The number of hydrogen-bond acceptors (Lipinski definition) is 5. The first-order chi connectivity index (χ1) is 19.0. The van der Waals surface area contributed by atoms with E-state index in [2.05, 4.69) is 15.5 Å². The zero-order valence-corrected chi connectivity index (χ0v) is 22.4. The average Bonchev–Trinajstić information content (AvgIpc) is 3.38. The Morgan fingerprint density at radius 1 is 0.897 bits per heavy atom. The van der Waals surface area contributed by atoms with Gasteiger partial charge in [-0.1, -0.05) is 90.1 Å². The molecular formula is C30H22ClN5O2S. The van der Waals surface area contributed by atoms with Crippen LogP contribution in [0.3, 0.4) is 0 Å². The van der Waals surface area contributed by atoms with Crippen LogP contribution in [0.25, 0.3) is 22.4 Å². The summed E-state index contributed by atoms with van der Waals surface area (Å²) < 4.78 is 3.38. The van der Waals surface area contributed by atoms with Gasteiger partial charge >= 0.3 is 0 Å². The van der Waals surface area contributed by atoms with Crippen molar-refractivity contribution in [1.82, 2.24) is 19.2 Å². The summed E-state index contributed by atoms with van der Waals surface area (Å²) in [6.07, 6.45) is 0. The molecule has 0 saturated heterocycles. The van der Waals surface area contributed by atoms with E-state index in [1.807, 2.05) is 102 Å². The van der Waals surface area contributed by atoms with Crippen molar-refractivity contribution < 1.29 is 4.79 Å². The third-order valence-corrected chi connectivity index (χ3v) is 8.02. The molecule has 0 aliphatic heterocycles. The highest BCUT2D eigenvalue weighted by Gasteiger charge is 2.27. The Kier molecular flexibility index (Phi) is 6.64. The minimum atomic E-state index is -0.658. The Balaban J connectivity index is 1.49. The molecule has 0 bridgehead atoms. The lowest BCUT2D eigenvalue weighted by Gasteiger charge is -2.17. The van der Waals surface area contributed by atoms with Crippen molar-refractivity contribution in [3.05, 3.63) is 130 Å². The van der Waals surface area contributed by atoms with Crippen LogP contribution in [0.4, 0.5) is 5.69 Å². The number of rotatable bonds is 6. The lowest BCUT2D eigenvalue weighted by molar-refractivity contribution is -0.115. The molecule has 6 aromatic rings. The lowest BCUT2D eigenvalue weighted by atomic mass is 10.1. The Morgan fingerprint density at radius 2 is 1.59 bits per heavy atom. The molecule has 39 heavy (non-hydrogen) atoms. The third-order valence-electron chi connectivity index (χ3n) is 6.41. The maximum Gasteiger partial charge on any atom is 0.267 e. The van der Waals surface area contributed by atoms with Crippen molar-refractivity contribution in [1.29, 1.82) is 0 Å². The molecule has 1 atom stereocenters. The van der Waals surface area contributed by atoms with E-state index in [1.54, 1.807) is 16.7 Å². The van der Waals surface area contributed by atoms with E-state index >= 15 is 0 Å². The van der Waals surface area contributed by atoms with Gasteiger partial charge < -0.3 is 5.32 Å². The highest BCUT2D eigenvalue weighted by molar-refractivity contribution is 8.00. The van der Waals surface area contributed by atoms with E-state index in [1.165, 1.54) is 11.8 Å². The van der Waals surface area contributed by atoms with Crippen LogP contribution in [0.15, 0.2) is 113 Å². The Bertz CT molecular complexity index is 1890. The minimum absolute atomic E-state index is 0.193. The average molecular weight is 552 g/mol. The summed E-state index contributed by atoms with van der Waals surface area (Å²) in [6, 6.07) is 31.6. The second kappa shape index (κ2) is 10.4. The summed E-state index contributed by atoms with van der Waals surface area (Å²) in [7, 11) is 0. The predicted octanol–water partition coefficient (Wildman–Crippen LogP) is 6.47. The molecule has 0 aliphatic rings. The summed E-state index contributed by atoms with van der Waals surface area (Å²) in [4.78, 5) is 27.2. The molecule has 4 aromatic carbocycles. The molecule has 0 radical (unpaired) electrons. The Labute approximate surface area is 233 Å². The zero-order chi connectivity index (χ0) is 26.9. The maximum absolute atomic E-state index is 13.7. The van der Waals surface area contributed by atoms with Gasteiger partial charge in [-0.2, -0.15) is 0 Å². The number of hydrogen-bond donors (Lipinski definition) is 1. The van der Waals surface area contributed by atoms with Crippen LogP contribution in [0.1, 0.15) is 16.4 Å².